The highest BCUT2D eigenvalue weighted by Gasteiger charge is 2.53. The lowest BCUT2D eigenvalue weighted by atomic mass is 9.48. The predicted octanol–water partition coefficient (Wildman–Crippen LogP) is 1.81. The Kier molecular flexibility index (Phi) is 3.71. The molecule has 4 fully saturated rings. The second-order valence-electron chi connectivity index (χ2n) is 8.68. The van der Waals surface area contributed by atoms with Crippen LogP contribution >= 0.6 is 0 Å². The maximum atomic E-state index is 12.3. The third kappa shape index (κ3) is 2.49. The normalized spacial score (nSPS) is 34.8. The Labute approximate surface area is 147 Å². The van der Waals surface area contributed by atoms with Gasteiger partial charge in [-0.2, -0.15) is 0 Å². The highest BCUT2D eigenvalue weighted by atomic mass is 16.3. The second kappa shape index (κ2) is 5.58. The Morgan fingerprint density at radius 1 is 1.08 bits per heavy atom. The molecule has 1 aromatic heterocycles. The van der Waals surface area contributed by atoms with Crippen molar-refractivity contribution in [1.29, 1.82) is 0 Å². The summed E-state index contributed by atoms with van der Waals surface area (Å²) in [5.74, 6) is 2.24. The monoisotopic (exact) mass is 345 g/mol. The Bertz CT molecular complexity index is 813. The minimum absolute atomic E-state index is 0.0983. The van der Waals surface area contributed by atoms with Crippen LogP contribution in [-0.2, 0) is 14.1 Å². The molecule has 0 aliphatic heterocycles. The van der Waals surface area contributed by atoms with E-state index in [4.69, 9.17) is 4.99 Å². The van der Waals surface area contributed by atoms with Crippen molar-refractivity contribution < 1.29 is 5.11 Å². The topological polar surface area (TPSA) is 76.6 Å². The van der Waals surface area contributed by atoms with Crippen LogP contribution in [0, 0.1) is 23.2 Å². The Morgan fingerprint density at radius 2 is 1.60 bits per heavy atom. The summed E-state index contributed by atoms with van der Waals surface area (Å²) < 4.78 is 2.09. The van der Waals surface area contributed by atoms with Crippen molar-refractivity contribution in [3.8, 4) is 5.88 Å². The Hall–Kier alpha value is -1.85. The predicted molar refractivity (Wildman–Crippen MR) is 96.2 cm³/mol. The zero-order valence-corrected chi connectivity index (χ0v) is 15.2. The molecule has 4 aliphatic carbocycles. The summed E-state index contributed by atoms with van der Waals surface area (Å²) in [6.07, 6.45) is 9.38. The maximum Gasteiger partial charge on any atom is 0.333 e. The lowest BCUT2D eigenvalue weighted by molar-refractivity contribution is -0.0632. The smallest absolute Gasteiger partial charge is 0.333 e. The van der Waals surface area contributed by atoms with Gasteiger partial charge in [0.15, 0.2) is 0 Å². The van der Waals surface area contributed by atoms with Gasteiger partial charge in [-0.3, -0.25) is 18.9 Å². The molecule has 136 valence electrons. The molecule has 6 nitrogen and oxygen atoms in total. The zero-order chi connectivity index (χ0) is 17.9. The highest BCUT2D eigenvalue weighted by molar-refractivity contribution is 5.82. The van der Waals surface area contributed by atoms with Crippen LogP contribution < -0.4 is 11.2 Å². The van der Waals surface area contributed by atoms with Crippen molar-refractivity contribution in [3.63, 3.8) is 0 Å². The number of aromatic nitrogens is 2. The molecule has 4 aliphatic rings. The van der Waals surface area contributed by atoms with Crippen molar-refractivity contribution in [2.45, 2.75) is 51.5 Å². The molecule has 5 rings (SSSR count). The Balaban J connectivity index is 1.65. The van der Waals surface area contributed by atoms with Gasteiger partial charge in [-0.05, 0) is 68.6 Å². The zero-order valence-electron chi connectivity index (χ0n) is 15.2. The molecular weight excluding hydrogens is 318 g/mol. The standard InChI is InChI=1S/C19H27N3O3/c1-11(19-7-12-4-13(8-19)6-14(5-12)9-19)20-10-15-16(23)21(2)18(25)22(3)17(15)24/h10-14,23H,4-9H2,1-3H3/t11-,12?,13?,14?,19?/m0/s1. The fraction of sp³-hybridized carbons (Fsp3) is 0.737. The van der Waals surface area contributed by atoms with Crippen molar-refractivity contribution in [3.05, 3.63) is 26.4 Å². The van der Waals surface area contributed by atoms with Gasteiger partial charge in [0.1, 0.15) is 5.56 Å². The van der Waals surface area contributed by atoms with E-state index in [0.29, 0.717) is 0 Å². The largest absolute Gasteiger partial charge is 0.494 e. The first-order valence-corrected chi connectivity index (χ1v) is 9.33. The van der Waals surface area contributed by atoms with Gasteiger partial charge in [0.2, 0.25) is 5.88 Å². The van der Waals surface area contributed by atoms with Crippen LogP contribution in [0.5, 0.6) is 5.88 Å². The number of aromatic hydroxyl groups is 1. The summed E-state index contributed by atoms with van der Waals surface area (Å²) in [5, 5.41) is 10.2. The quantitative estimate of drug-likeness (QED) is 0.849. The van der Waals surface area contributed by atoms with Crippen molar-refractivity contribution >= 4 is 6.21 Å². The number of hydrogen-bond acceptors (Lipinski definition) is 4. The van der Waals surface area contributed by atoms with Crippen LogP contribution in [0.3, 0.4) is 0 Å². The molecule has 0 amide bonds. The molecule has 4 saturated carbocycles. The van der Waals surface area contributed by atoms with Gasteiger partial charge in [-0.25, -0.2) is 4.79 Å². The lowest BCUT2D eigenvalue weighted by Gasteiger charge is -2.58. The molecule has 6 heteroatoms. The fourth-order valence-corrected chi connectivity index (χ4v) is 6.01. The van der Waals surface area contributed by atoms with Gasteiger partial charge < -0.3 is 5.11 Å². The van der Waals surface area contributed by atoms with Crippen LogP contribution in [0.2, 0.25) is 0 Å². The highest BCUT2D eigenvalue weighted by Crippen LogP contribution is 2.61. The summed E-state index contributed by atoms with van der Waals surface area (Å²) in [6.45, 7) is 2.15. The van der Waals surface area contributed by atoms with Crippen LogP contribution in [0.15, 0.2) is 14.6 Å². The molecule has 0 radical (unpaired) electrons. The van der Waals surface area contributed by atoms with Crippen LogP contribution in [-0.4, -0.2) is 26.5 Å². The molecule has 1 atom stereocenters. The van der Waals surface area contributed by atoms with Crippen LogP contribution in [0.1, 0.15) is 51.0 Å². The minimum atomic E-state index is -0.534. The summed E-state index contributed by atoms with van der Waals surface area (Å²) in [4.78, 5) is 28.9. The third-order valence-electron chi connectivity index (χ3n) is 7.07. The van der Waals surface area contributed by atoms with Gasteiger partial charge in [-0.15, -0.1) is 0 Å². The number of rotatable bonds is 3. The molecule has 0 spiro atoms. The van der Waals surface area contributed by atoms with Crippen molar-refractivity contribution in [2.24, 2.45) is 42.3 Å². The molecule has 4 bridgehead atoms. The van der Waals surface area contributed by atoms with Gasteiger partial charge in [-0.1, -0.05) is 0 Å². The number of aliphatic imine (C=N–C) groups is 1. The van der Waals surface area contributed by atoms with Gasteiger partial charge >= 0.3 is 5.69 Å². The van der Waals surface area contributed by atoms with Gasteiger partial charge in [0.05, 0.1) is 6.04 Å². The first kappa shape index (κ1) is 16.6. The van der Waals surface area contributed by atoms with Crippen molar-refractivity contribution in [1.82, 2.24) is 9.13 Å². The molecule has 0 unspecified atom stereocenters. The summed E-state index contributed by atoms with van der Waals surface area (Å²) in [5.41, 5.74) is -0.677. The van der Waals surface area contributed by atoms with E-state index in [1.54, 1.807) is 0 Å². The van der Waals surface area contributed by atoms with E-state index < -0.39 is 11.2 Å². The average Bonchev–Trinajstić information content (AvgIpc) is 2.57. The molecule has 1 aromatic rings. The number of nitrogens with zero attached hydrogens (tertiary/aromatic N) is 3. The van der Waals surface area contributed by atoms with Crippen LogP contribution in [0.4, 0.5) is 0 Å². The fourth-order valence-electron chi connectivity index (χ4n) is 6.01. The van der Waals surface area contributed by atoms with E-state index in [1.807, 2.05) is 0 Å². The minimum Gasteiger partial charge on any atom is -0.494 e. The maximum absolute atomic E-state index is 12.3. The average molecular weight is 345 g/mol. The number of hydrogen-bond donors (Lipinski definition) is 1. The molecular formula is C19H27N3O3. The second-order valence-corrected chi connectivity index (χ2v) is 8.68. The van der Waals surface area contributed by atoms with Crippen molar-refractivity contribution in [2.75, 3.05) is 0 Å². The SMILES string of the molecule is C[C@H](N=Cc1c(O)n(C)c(=O)n(C)c1=O)C12CC3CC(CC(C3)C1)C2. The first-order valence-electron chi connectivity index (χ1n) is 9.33. The van der Waals surface area contributed by atoms with Gasteiger partial charge in [0, 0.05) is 20.3 Å². The summed E-state index contributed by atoms with van der Waals surface area (Å²) in [6, 6.07) is 0.127. The Morgan fingerprint density at radius 3 is 2.12 bits per heavy atom. The third-order valence-corrected chi connectivity index (χ3v) is 7.07. The molecule has 1 heterocycles. The first-order chi connectivity index (χ1) is 11.8. The molecule has 0 saturated heterocycles. The summed E-state index contributed by atoms with van der Waals surface area (Å²) in [7, 11) is 2.88. The van der Waals surface area contributed by atoms with E-state index in [1.165, 1.54) is 58.8 Å². The molecule has 0 aromatic carbocycles. The van der Waals surface area contributed by atoms with E-state index in [-0.39, 0.29) is 22.9 Å². The van der Waals surface area contributed by atoms with E-state index in [9.17, 15) is 14.7 Å². The van der Waals surface area contributed by atoms with Gasteiger partial charge in [0.25, 0.3) is 5.56 Å². The van der Waals surface area contributed by atoms with E-state index >= 15 is 0 Å². The molecule has 1 N–H and O–H groups in total. The molecule has 25 heavy (non-hydrogen) atoms. The summed E-state index contributed by atoms with van der Waals surface area (Å²) >= 11 is 0. The van der Waals surface area contributed by atoms with Crippen LogP contribution in [0.25, 0.3) is 0 Å². The van der Waals surface area contributed by atoms with E-state index in [0.717, 1.165) is 26.9 Å². The lowest BCUT2D eigenvalue weighted by Crippen LogP contribution is -2.50. The van der Waals surface area contributed by atoms with E-state index in [2.05, 4.69) is 6.92 Å².